The van der Waals surface area contributed by atoms with Gasteiger partial charge in [-0.25, -0.2) is 4.98 Å². The Bertz CT molecular complexity index is 1270. The molecule has 0 saturated heterocycles. The summed E-state index contributed by atoms with van der Waals surface area (Å²) in [4.78, 5) is 29.1. The largest absolute Gasteiger partial charge is 0.343 e. The molecule has 0 radical (unpaired) electrons. The molecule has 8 nitrogen and oxygen atoms in total. The number of para-hydroxylation sites is 1. The van der Waals surface area contributed by atoms with Gasteiger partial charge in [0.1, 0.15) is 11.6 Å². The molecule has 2 aromatic carbocycles. The van der Waals surface area contributed by atoms with Gasteiger partial charge in [-0.05, 0) is 30.3 Å². The van der Waals surface area contributed by atoms with E-state index in [1.807, 2.05) is 36.4 Å². The molecule has 0 fully saturated rings. The minimum atomic E-state index is -0.488. The van der Waals surface area contributed by atoms with Crippen LogP contribution in [0.2, 0.25) is 0 Å². The number of amides is 2. The van der Waals surface area contributed by atoms with Crippen LogP contribution in [0.4, 0.5) is 5.82 Å². The van der Waals surface area contributed by atoms with E-state index in [0.29, 0.717) is 11.4 Å². The number of benzene rings is 2. The molecule has 0 aliphatic carbocycles. The van der Waals surface area contributed by atoms with E-state index in [9.17, 15) is 14.9 Å². The highest BCUT2D eigenvalue weighted by Crippen LogP contribution is 2.20. The number of fused-ring (bicyclic) bond motifs is 1. The number of aromatic nitrogens is 3. The van der Waals surface area contributed by atoms with Gasteiger partial charge in [-0.2, -0.15) is 15.0 Å². The van der Waals surface area contributed by atoms with E-state index in [1.54, 1.807) is 36.4 Å². The van der Waals surface area contributed by atoms with Crippen molar-refractivity contribution >= 4 is 28.5 Å². The highest BCUT2D eigenvalue weighted by atomic mass is 16.2. The Morgan fingerprint density at radius 3 is 2.57 bits per heavy atom. The quantitative estimate of drug-likeness (QED) is 0.538. The monoisotopic (exact) mass is 396 g/mol. The van der Waals surface area contributed by atoms with Crippen LogP contribution in [-0.2, 0) is 4.79 Å². The number of rotatable bonds is 5. The van der Waals surface area contributed by atoms with Crippen molar-refractivity contribution in [3.8, 4) is 11.9 Å². The summed E-state index contributed by atoms with van der Waals surface area (Å²) in [7, 11) is 0. The molecule has 4 rings (SSSR count). The topological polar surface area (TPSA) is 113 Å². The third kappa shape index (κ3) is 3.86. The second-order valence-electron chi connectivity index (χ2n) is 6.39. The third-order valence-electron chi connectivity index (χ3n) is 4.39. The lowest BCUT2D eigenvalue weighted by Crippen LogP contribution is -2.33. The Morgan fingerprint density at radius 2 is 1.77 bits per heavy atom. The second kappa shape index (κ2) is 8.24. The van der Waals surface area contributed by atoms with Gasteiger partial charge in [0, 0.05) is 10.9 Å². The predicted molar refractivity (Wildman–Crippen MR) is 111 cm³/mol. The van der Waals surface area contributed by atoms with Crippen molar-refractivity contribution in [3.63, 3.8) is 0 Å². The molecule has 0 spiro atoms. The zero-order valence-electron chi connectivity index (χ0n) is 15.7. The zero-order valence-corrected chi connectivity index (χ0v) is 15.7. The average molecular weight is 396 g/mol. The summed E-state index contributed by atoms with van der Waals surface area (Å²) >= 11 is 0. The molecule has 4 aromatic rings. The van der Waals surface area contributed by atoms with Crippen LogP contribution in [0.15, 0.2) is 72.9 Å². The first kappa shape index (κ1) is 18.8. The molecule has 0 aliphatic heterocycles. The van der Waals surface area contributed by atoms with Crippen molar-refractivity contribution in [1.29, 1.82) is 5.26 Å². The molecular weight excluding hydrogens is 380 g/mol. The fourth-order valence-electron chi connectivity index (χ4n) is 2.93. The number of pyridine rings is 1. The summed E-state index contributed by atoms with van der Waals surface area (Å²) in [6.07, 6.45) is 1.36. The maximum Gasteiger partial charge on any atom is 0.251 e. The predicted octanol–water partition coefficient (Wildman–Crippen LogP) is 2.66. The van der Waals surface area contributed by atoms with Gasteiger partial charge < -0.3 is 10.6 Å². The average Bonchev–Trinajstić information content (AvgIpc) is 3.20. The molecule has 0 unspecified atom stereocenters. The molecule has 0 bridgehead atoms. The van der Waals surface area contributed by atoms with Crippen molar-refractivity contribution < 1.29 is 9.59 Å². The summed E-state index contributed by atoms with van der Waals surface area (Å²) in [6.45, 7) is -0.255. The van der Waals surface area contributed by atoms with Crippen LogP contribution in [0.1, 0.15) is 15.9 Å². The Kier molecular flexibility index (Phi) is 5.17. The molecule has 2 amide bonds. The molecule has 30 heavy (non-hydrogen) atoms. The fraction of sp³-hybridized carbons (Fsp3) is 0.0455. The Labute approximate surface area is 171 Å². The van der Waals surface area contributed by atoms with E-state index in [4.69, 9.17) is 0 Å². The van der Waals surface area contributed by atoms with E-state index < -0.39 is 5.91 Å². The number of nitrogens with zero attached hydrogens (tertiary/aromatic N) is 4. The van der Waals surface area contributed by atoms with Crippen molar-refractivity contribution in [2.45, 2.75) is 0 Å². The zero-order chi connectivity index (χ0) is 20.9. The fourth-order valence-corrected chi connectivity index (χ4v) is 2.93. The van der Waals surface area contributed by atoms with E-state index in [0.717, 1.165) is 10.9 Å². The minimum Gasteiger partial charge on any atom is -0.343 e. The highest BCUT2D eigenvalue weighted by Gasteiger charge is 2.17. The SMILES string of the molecule is N#Cc1cnn(-c2ccc3ccccc3n2)c1NC(=O)CNC(=O)c1ccccc1. The summed E-state index contributed by atoms with van der Waals surface area (Å²) in [5.74, 6) is -0.202. The van der Waals surface area contributed by atoms with Crippen molar-refractivity contribution in [3.05, 3.63) is 84.1 Å². The number of carbonyl (C=O) groups is 2. The Balaban J connectivity index is 1.53. The number of carbonyl (C=O) groups excluding carboxylic acids is 2. The van der Waals surface area contributed by atoms with Gasteiger partial charge in [-0.1, -0.05) is 36.4 Å². The molecule has 0 aliphatic rings. The first-order chi connectivity index (χ1) is 14.7. The number of hydrogen-bond acceptors (Lipinski definition) is 5. The van der Waals surface area contributed by atoms with Gasteiger partial charge >= 0.3 is 0 Å². The molecular formula is C22H16N6O2. The molecule has 2 heterocycles. The van der Waals surface area contributed by atoms with Gasteiger partial charge in [0.15, 0.2) is 11.6 Å². The van der Waals surface area contributed by atoms with Crippen LogP contribution >= 0.6 is 0 Å². The lowest BCUT2D eigenvalue weighted by Gasteiger charge is -2.10. The minimum absolute atomic E-state index is 0.188. The number of hydrogen-bond donors (Lipinski definition) is 2. The van der Waals surface area contributed by atoms with Gasteiger partial charge in [-0.3, -0.25) is 9.59 Å². The van der Waals surface area contributed by atoms with Crippen LogP contribution in [-0.4, -0.2) is 33.1 Å². The lowest BCUT2D eigenvalue weighted by atomic mass is 10.2. The maximum atomic E-state index is 12.4. The Morgan fingerprint density at radius 1 is 1.00 bits per heavy atom. The molecule has 2 aromatic heterocycles. The van der Waals surface area contributed by atoms with E-state index in [1.165, 1.54) is 10.9 Å². The summed E-state index contributed by atoms with van der Waals surface area (Å²) in [5, 5.41) is 19.7. The summed E-state index contributed by atoms with van der Waals surface area (Å²) < 4.78 is 1.39. The van der Waals surface area contributed by atoms with Crippen molar-refractivity contribution in [1.82, 2.24) is 20.1 Å². The number of anilines is 1. The van der Waals surface area contributed by atoms with Crippen molar-refractivity contribution in [2.24, 2.45) is 0 Å². The molecule has 146 valence electrons. The summed E-state index contributed by atoms with van der Waals surface area (Å²) in [5.41, 5.74) is 1.40. The van der Waals surface area contributed by atoms with E-state index in [-0.39, 0.29) is 23.8 Å². The first-order valence-electron chi connectivity index (χ1n) is 9.13. The normalized spacial score (nSPS) is 10.4. The van der Waals surface area contributed by atoms with E-state index >= 15 is 0 Å². The molecule has 8 heteroatoms. The van der Waals surface area contributed by atoms with Crippen LogP contribution in [0, 0.1) is 11.3 Å². The van der Waals surface area contributed by atoms with Gasteiger partial charge in [-0.15, -0.1) is 0 Å². The van der Waals surface area contributed by atoms with Crippen LogP contribution in [0.25, 0.3) is 16.7 Å². The smallest absolute Gasteiger partial charge is 0.251 e. The molecule has 0 atom stereocenters. The summed E-state index contributed by atoms with van der Waals surface area (Å²) in [6, 6.07) is 21.8. The number of nitrogens with one attached hydrogen (secondary N) is 2. The van der Waals surface area contributed by atoms with Crippen LogP contribution < -0.4 is 10.6 Å². The number of nitriles is 1. The first-order valence-corrected chi connectivity index (χ1v) is 9.13. The van der Waals surface area contributed by atoms with Crippen LogP contribution in [0.3, 0.4) is 0 Å². The van der Waals surface area contributed by atoms with Gasteiger partial charge in [0.2, 0.25) is 5.91 Å². The van der Waals surface area contributed by atoms with Gasteiger partial charge in [0.25, 0.3) is 5.91 Å². The standard InChI is InChI=1S/C22H16N6O2/c23-12-17-13-25-28(19-11-10-15-6-4-5-9-18(15)26-19)21(17)27-20(29)14-24-22(30)16-7-2-1-3-8-16/h1-11,13H,14H2,(H,24,30)(H,27,29). The second-order valence-corrected chi connectivity index (χ2v) is 6.39. The maximum absolute atomic E-state index is 12.4. The Hall–Kier alpha value is -4.51. The van der Waals surface area contributed by atoms with Crippen LogP contribution in [0.5, 0.6) is 0 Å². The highest BCUT2D eigenvalue weighted by molar-refractivity contribution is 5.99. The third-order valence-corrected chi connectivity index (χ3v) is 4.39. The van der Waals surface area contributed by atoms with E-state index in [2.05, 4.69) is 20.7 Å². The lowest BCUT2D eigenvalue weighted by molar-refractivity contribution is -0.115. The molecule has 2 N–H and O–H groups in total. The van der Waals surface area contributed by atoms with Gasteiger partial charge in [0.05, 0.1) is 18.3 Å². The van der Waals surface area contributed by atoms with Crippen molar-refractivity contribution in [2.75, 3.05) is 11.9 Å². The molecule has 0 saturated carbocycles.